The van der Waals surface area contributed by atoms with Crippen molar-refractivity contribution in [1.29, 1.82) is 0 Å². The maximum Gasteiger partial charge on any atom is 0.416 e. The van der Waals surface area contributed by atoms with Crippen molar-refractivity contribution in [3.05, 3.63) is 64.2 Å². The van der Waals surface area contributed by atoms with Crippen molar-refractivity contribution >= 4 is 22.6 Å². The molecule has 0 saturated carbocycles. The average molecular weight is 403 g/mol. The van der Waals surface area contributed by atoms with E-state index in [4.69, 9.17) is 4.74 Å². The molecule has 0 aliphatic carbocycles. The van der Waals surface area contributed by atoms with E-state index in [0.29, 0.717) is 0 Å². The van der Waals surface area contributed by atoms with Gasteiger partial charge in [-0.1, -0.05) is 6.07 Å². The van der Waals surface area contributed by atoms with E-state index in [2.05, 4.69) is 15.3 Å². The summed E-state index contributed by atoms with van der Waals surface area (Å²) in [6, 6.07) is 5.83. The summed E-state index contributed by atoms with van der Waals surface area (Å²) in [5, 5.41) is 11.8. The van der Waals surface area contributed by atoms with Gasteiger partial charge in [0.1, 0.15) is 11.1 Å². The molecule has 1 aromatic carbocycles. The van der Waals surface area contributed by atoms with Crippen molar-refractivity contribution in [2.75, 3.05) is 6.61 Å². The maximum atomic E-state index is 13.0. The predicted octanol–water partition coefficient (Wildman–Crippen LogP) is 2.62. The summed E-state index contributed by atoms with van der Waals surface area (Å²) in [4.78, 5) is 24.8. The summed E-state index contributed by atoms with van der Waals surface area (Å²) in [6.07, 6.45) is -1.98. The van der Waals surface area contributed by atoms with Crippen molar-refractivity contribution in [2.24, 2.45) is 0 Å². The number of alkyl halides is 3. The molecule has 0 spiro atoms. The Labute approximate surface area is 160 Å². The minimum absolute atomic E-state index is 0.0290. The Balaban J connectivity index is 1.88. The van der Waals surface area contributed by atoms with E-state index < -0.39 is 23.3 Å². The normalized spacial score (nSPS) is 11.9. The first-order chi connectivity index (χ1) is 13.8. The highest BCUT2D eigenvalue weighted by Crippen LogP contribution is 2.30. The Bertz CT molecular complexity index is 1310. The number of ether oxygens (including phenoxy) is 1. The van der Waals surface area contributed by atoms with Crippen LogP contribution in [0.4, 0.5) is 13.2 Å². The standard InChI is InChI=1S/C18H12F3N5O3/c1-2-29-17(28)12-9-22-26-13-6-7-25(16(27)14(13)23-24-15(12)26)11-5-3-4-10(8-11)18(19,20)21/h3-9H,2H2,1H3. The molecule has 0 unspecified atom stereocenters. The topological polar surface area (TPSA) is 91.4 Å². The first-order valence-corrected chi connectivity index (χ1v) is 8.42. The Morgan fingerprint density at radius 1 is 1.21 bits per heavy atom. The molecule has 148 valence electrons. The van der Waals surface area contributed by atoms with Crippen LogP contribution in [0.5, 0.6) is 0 Å². The fourth-order valence-electron chi connectivity index (χ4n) is 2.88. The second-order valence-corrected chi connectivity index (χ2v) is 5.99. The van der Waals surface area contributed by atoms with Gasteiger partial charge in [-0.2, -0.15) is 18.3 Å². The number of hydrogen-bond acceptors (Lipinski definition) is 6. The summed E-state index contributed by atoms with van der Waals surface area (Å²) in [5.41, 5.74) is -1.20. The molecule has 3 heterocycles. The van der Waals surface area contributed by atoms with Crippen LogP contribution in [0, 0.1) is 0 Å². The summed E-state index contributed by atoms with van der Waals surface area (Å²) >= 11 is 0. The molecule has 0 aliphatic heterocycles. The summed E-state index contributed by atoms with van der Waals surface area (Å²) < 4.78 is 46.1. The Morgan fingerprint density at radius 2 is 2.00 bits per heavy atom. The van der Waals surface area contributed by atoms with Crippen molar-refractivity contribution in [1.82, 2.24) is 24.4 Å². The smallest absolute Gasteiger partial charge is 0.416 e. The van der Waals surface area contributed by atoms with Crippen LogP contribution in [0.15, 0.2) is 47.5 Å². The molecular formula is C18H12F3N5O3. The van der Waals surface area contributed by atoms with Gasteiger partial charge >= 0.3 is 12.1 Å². The molecule has 8 nitrogen and oxygen atoms in total. The quantitative estimate of drug-likeness (QED) is 0.489. The lowest BCUT2D eigenvalue weighted by Gasteiger charge is -2.11. The van der Waals surface area contributed by atoms with E-state index in [9.17, 15) is 22.8 Å². The molecule has 0 saturated heterocycles. The number of halogens is 3. The lowest BCUT2D eigenvalue weighted by atomic mass is 10.2. The zero-order chi connectivity index (χ0) is 20.8. The van der Waals surface area contributed by atoms with Crippen LogP contribution in [0.1, 0.15) is 22.8 Å². The van der Waals surface area contributed by atoms with E-state index in [1.807, 2.05) is 0 Å². The predicted molar refractivity (Wildman–Crippen MR) is 94.8 cm³/mol. The van der Waals surface area contributed by atoms with E-state index >= 15 is 0 Å². The number of fused-ring (bicyclic) bond motifs is 3. The molecule has 0 N–H and O–H groups in total. The lowest BCUT2D eigenvalue weighted by molar-refractivity contribution is -0.137. The fourth-order valence-corrected chi connectivity index (χ4v) is 2.88. The second-order valence-electron chi connectivity index (χ2n) is 5.99. The Kier molecular flexibility index (Phi) is 4.29. The van der Waals surface area contributed by atoms with Gasteiger partial charge in [0.2, 0.25) is 0 Å². The third kappa shape index (κ3) is 3.10. The van der Waals surface area contributed by atoms with Crippen molar-refractivity contribution in [3.63, 3.8) is 0 Å². The zero-order valence-corrected chi connectivity index (χ0v) is 14.8. The zero-order valence-electron chi connectivity index (χ0n) is 14.8. The molecule has 3 aromatic heterocycles. The number of rotatable bonds is 3. The maximum absolute atomic E-state index is 13.0. The van der Waals surface area contributed by atoms with Gasteiger partial charge in [0, 0.05) is 11.9 Å². The lowest BCUT2D eigenvalue weighted by Crippen LogP contribution is -2.21. The number of pyridine rings is 1. The van der Waals surface area contributed by atoms with Crippen LogP contribution in [0.25, 0.3) is 22.4 Å². The molecular weight excluding hydrogens is 391 g/mol. The minimum atomic E-state index is -4.54. The molecule has 0 bridgehead atoms. The monoisotopic (exact) mass is 403 g/mol. The van der Waals surface area contributed by atoms with Gasteiger partial charge in [0.05, 0.1) is 18.4 Å². The third-order valence-corrected chi connectivity index (χ3v) is 4.21. The summed E-state index contributed by atoms with van der Waals surface area (Å²) in [6.45, 7) is 1.82. The number of hydrogen-bond donors (Lipinski definition) is 0. The van der Waals surface area contributed by atoms with E-state index in [1.54, 1.807) is 6.92 Å². The van der Waals surface area contributed by atoms with Crippen LogP contribution in [-0.2, 0) is 10.9 Å². The minimum Gasteiger partial charge on any atom is -0.462 e. The van der Waals surface area contributed by atoms with Crippen molar-refractivity contribution < 1.29 is 22.7 Å². The third-order valence-electron chi connectivity index (χ3n) is 4.21. The van der Waals surface area contributed by atoms with E-state index in [1.165, 1.54) is 35.1 Å². The molecule has 0 atom stereocenters. The molecule has 4 rings (SSSR count). The van der Waals surface area contributed by atoms with Crippen LogP contribution < -0.4 is 5.56 Å². The molecule has 29 heavy (non-hydrogen) atoms. The highest BCUT2D eigenvalue weighted by atomic mass is 19.4. The molecule has 0 radical (unpaired) electrons. The van der Waals surface area contributed by atoms with E-state index in [0.717, 1.165) is 16.7 Å². The molecule has 11 heteroatoms. The summed E-state index contributed by atoms with van der Waals surface area (Å²) in [5.74, 6) is -0.631. The van der Waals surface area contributed by atoms with Gasteiger partial charge in [-0.25, -0.2) is 9.31 Å². The first kappa shape index (κ1) is 18.6. The van der Waals surface area contributed by atoms with Crippen molar-refractivity contribution in [2.45, 2.75) is 13.1 Å². The molecule has 0 aliphatic rings. The Hall–Kier alpha value is -3.76. The SMILES string of the molecule is CCOC(=O)c1cnn2c1nnc1c(=O)n(-c3cccc(C(F)(F)F)c3)ccc12. The van der Waals surface area contributed by atoms with Crippen LogP contribution in [-0.4, -0.2) is 37.0 Å². The number of esters is 1. The summed E-state index contributed by atoms with van der Waals surface area (Å²) in [7, 11) is 0. The van der Waals surface area contributed by atoms with Crippen LogP contribution >= 0.6 is 0 Å². The first-order valence-electron chi connectivity index (χ1n) is 8.42. The van der Waals surface area contributed by atoms with Crippen LogP contribution in [0.3, 0.4) is 0 Å². The largest absolute Gasteiger partial charge is 0.462 e. The van der Waals surface area contributed by atoms with E-state index in [-0.39, 0.29) is 34.5 Å². The highest BCUT2D eigenvalue weighted by molar-refractivity contribution is 5.96. The van der Waals surface area contributed by atoms with Gasteiger partial charge in [-0.05, 0) is 31.2 Å². The second kappa shape index (κ2) is 6.69. The van der Waals surface area contributed by atoms with Gasteiger partial charge in [0.25, 0.3) is 5.56 Å². The van der Waals surface area contributed by atoms with Gasteiger partial charge in [-0.3, -0.25) is 9.36 Å². The molecule has 0 fully saturated rings. The average Bonchev–Trinajstić information content (AvgIpc) is 3.12. The fraction of sp³-hybridized carbons (Fsp3) is 0.167. The van der Waals surface area contributed by atoms with Crippen molar-refractivity contribution in [3.8, 4) is 5.69 Å². The number of nitrogens with zero attached hydrogens (tertiary/aromatic N) is 5. The van der Waals surface area contributed by atoms with Gasteiger partial charge in [0.15, 0.2) is 11.2 Å². The number of carbonyl (C=O) groups excluding carboxylic acids is 1. The Morgan fingerprint density at radius 3 is 2.72 bits per heavy atom. The molecule has 0 amide bonds. The highest BCUT2D eigenvalue weighted by Gasteiger charge is 2.30. The van der Waals surface area contributed by atoms with Gasteiger partial charge in [-0.15, -0.1) is 10.2 Å². The number of carbonyl (C=O) groups is 1. The number of aromatic nitrogens is 5. The number of benzene rings is 1. The van der Waals surface area contributed by atoms with Crippen LogP contribution in [0.2, 0.25) is 0 Å². The van der Waals surface area contributed by atoms with Gasteiger partial charge < -0.3 is 4.74 Å². The molecule has 4 aromatic rings.